The zero-order valence-corrected chi connectivity index (χ0v) is 10.4. The molecule has 0 fully saturated rings. The van der Waals surface area contributed by atoms with Crippen LogP contribution in [0, 0.1) is 0 Å². The van der Waals surface area contributed by atoms with Gasteiger partial charge >= 0.3 is 99.5 Å². The molecule has 0 saturated carbocycles. The van der Waals surface area contributed by atoms with Crippen molar-refractivity contribution >= 4 is 31.4 Å². The van der Waals surface area contributed by atoms with E-state index in [1.165, 1.54) is 7.11 Å². The van der Waals surface area contributed by atoms with Crippen molar-refractivity contribution in [3.63, 3.8) is 0 Å². The molecule has 0 aromatic heterocycles. The quantitative estimate of drug-likeness (QED) is 0.520. The molecule has 0 aliphatic rings. The van der Waals surface area contributed by atoms with Crippen LogP contribution >= 0.6 is 0 Å². The van der Waals surface area contributed by atoms with E-state index in [-0.39, 0.29) is 21.4 Å². The van der Waals surface area contributed by atoms with E-state index in [9.17, 15) is 14.7 Å². The van der Waals surface area contributed by atoms with Crippen molar-refractivity contribution in [1.29, 1.82) is 0 Å². The Morgan fingerprint density at radius 2 is 2.00 bits per heavy atom. The molecular formula is C11H11O4Se-. The van der Waals surface area contributed by atoms with E-state index in [1.807, 2.05) is 30.3 Å². The average Bonchev–Trinajstić information content (AvgIpc) is 2.29. The molecule has 0 spiro atoms. The van der Waals surface area contributed by atoms with Crippen LogP contribution in [0.1, 0.15) is 6.42 Å². The molecule has 1 rings (SSSR count). The molecule has 0 N–H and O–H groups in total. The topological polar surface area (TPSA) is 66.4 Å². The van der Waals surface area contributed by atoms with Gasteiger partial charge in [0.25, 0.3) is 0 Å². The van der Waals surface area contributed by atoms with Gasteiger partial charge in [0, 0.05) is 0 Å². The predicted molar refractivity (Wildman–Crippen MR) is 57.2 cm³/mol. The summed E-state index contributed by atoms with van der Waals surface area (Å²) in [5, 5.41) is 10.9. The fraction of sp³-hybridized carbons (Fsp3) is 0.273. The van der Waals surface area contributed by atoms with Crippen LogP contribution in [-0.2, 0) is 14.3 Å². The summed E-state index contributed by atoms with van der Waals surface area (Å²) in [4.78, 5) is 21.1. The van der Waals surface area contributed by atoms with Crippen LogP contribution in [-0.4, -0.2) is 34.0 Å². The number of methoxy groups -OCH3 is 1. The van der Waals surface area contributed by atoms with Gasteiger partial charge in [0.05, 0.1) is 0 Å². The van der Waals surface area contributed by atoms with Crippen molar-refractivity contribution in [3.8, 4) is 0 Å². The molecule has 1 aromatic carbocycles. The fourth-order valence-corrected chi connectivity index (χ4v) is 3.08. The monoisotopic (exact) mass is 287 g/mol. The van der Waals surface area contributed by atoms with Crippen molar-refractivity contribution in [3.05, 3.63) is 30.3 Å². The van der Waals surface area contributed by atoms with E-state index in [4.69, 9.17) is 0 Å². The Morgan fingerprint density at radius 1 is 1.38 bits per heavy atom. The van der Waals surface area contributed by atoms with Crippen LogP contribution in [0.2, 0.25) is 4.82 Å². The first-order chi connectivity index (χ1) is 7.63. The van der Waals surface area contributed by atoms with Crippen LogP contribution < -0.4 is 9.57 Å². The van der Waals surface area contributed by atoms with Gasteiger partial charge in [-0.15, -0.1) is 0 Å². The van der Waals surface area contributed by atoms with Crippen molar-refractivity contribution in [2.24, 2.45) is 0 Å². The Hall–Kier alpha value is -1.32. The second-order valence-corrected chi connectivity index (χ2v) is 5.70. The number of hydrogen-bond donors (Lipinski definition) is 0. The van der Waals surface area contributed by atoms with E-state index in [1.54, 1.807) is 0 Å². The zero-order chi connectivity index (χ0) is 12.0. The van der Waals surface area contributed by atoms with Gasteiger partial charge in [-0.2, -0.15) is 0 Å². The van der Waals surface area contributed by atoms with Gasteiger partial charge in [0.2, 0.25) is 0 Å². The van der Waals surface area contributed by atoms with E-state index < -0.39 is 16.8 Å². The van der Waals surface area contributed by atoms with Gasteiger partial charge < -0.3 is 0 Å². The number of hydrogen-bond acceptors (Lipinski definition) is 4. The summed E-state index contributed by atoms with van der Waals surface area (Å²) in [6.45, 7) is 0. The van der Waals surface area contributed by atoms with Gasteiger partial charge in [-0.05, 0) is 0 Å². The van der Waals surface area contributed by atoms with Crippen LogP contribution in [0.25, 0.3) is 0 Å². The van der Waals surface area contributed by atoms with Crippen LogP contribution in [0.5, 0.6) is 0 Å². The number of carbonyl (C=O) groups is 2. The molecule has 1 unspecified atom stereocenters. The molecule has 86 valence electrons. The summed E-state index contributed by atoms with van der Waals surface area (Å²) in [6, 6.07) is 9.21. The maximum atomic E-state index is 11.0. The average molecular weight is 286 g/mol. The third-order valence-corrected chi connectivity index (χ3v) is 4.36. The van der Waals surface area contributed by atoms with Gasteiger partial charge in [0.1, 0.15) is 0 Å². The number of carbonyl (C=O) groups excluding carboxylic acids is 2. The molecule has 0 aliphatic heterocycles. The third-order valence-electron chi connectivity index (χ3n) is 1.86. The van der Waals surface area contributed by atoms with E-state index in [2.05, 4.69) is 4.74 Å². The minimum absolute atomic E-state index is 0.131. The summed E-state index contributed by atoms with van der Waals surface area (Å²) < 4.78 is 5.37. The van der Waals surface area contributed by atoms with Crippen LogP contribution in [0.3, 0.4) is 0 Å². The van der Waals surface area contributed by atoms with Crippen molar-refractivity contribution in [2.75, 3.05) is 7.11 Å². The first kappa shape index (κ1) is 12.7. The Balaban J connectivity index is 2.65. The van der Waals surface area contributed by atoms with Gasteiger partial charge in [-0.25, -0.2) is 0 Å². The summed E-state index contributed by atoms with van der Waals surface area (Å²) >= 11 is -0.325. The Kier molecular flexibility index (Phi) is 5.02. The number of ether oxygens (including phenoxy) is 1. The first-order valence-electron chi connectivity index (χ1n) is 4.63. The molecule has 0 heterocycles. The standard InChI is InChI=1S/C11H12O4Se/c1-15-10(12)7-9(11(13)14)16-8-5-3-2-4-6-8/h2-6,9H,7H2,1H3,(H,13,14)/p-1. The number of rotatable bonds is 5. The van der Waals surface area contributed by atoms with Gasteiger partial charge in [0.15, 0.2) is 0 Å². The second kappa shape index (κ2) is 6.30. The normalized spacial score (nSPS) is 11.8. The Labute approximate surface area is 99.8 Å². The molecule has 1 atom stereocenters. The Bertz CT molecular complexity index is 364. The van der Waals surface area contributed by atoms with Crippen LogP contribution in [0.4, 0.5) is 0 Å². The molecule has 0 amide bonds. The number of esters is 1. The van der Waals surface area contributed by atoms with Crippen LogP contribution in [0.15, 0.2) is 30.3 Å². The van der Waals surface area contributed by atoms with E-state index in [0.717, 1.165) is 4.46 Å². The minimum atomic E-state index is -1.20. The van der Waals surface area contributed by atoms with Gasteiger partial charge in [-0.3, -0.25) is 0 Å². The predicted octanol–water partition coefficient (Wildman–Crippen LogP) is -0.882. The molecule has 1 aromatic rings. The molecule has 16 heavy (non-hydrogen) atoms. The van der Waals surface area contributed by atoms with Crippen molar-refractivity contribution in [2.45, 2.75) is 11.2 Å². The van der Waals surface area contributed by atoms with E-state index >= 15 is 0 Å². The fourth-order valence-electron chi connectivity index (χ4n) is 1.07. The number of carboxylic acids is 1. The van der Waals surface area contributed by atoms with Crippen molar-refractivity contribution < 1.29 is 19.4 Å². The molecule has 5 heteroatoms. The molecule has 4 nitrogen and oxygen atoms in total. The summed E-state index contributed by atoms with van der Waals surface area (Å²) in [7, 11) is 1.24. The number of benzene rings is 1. The number of aliphatic carboxylic acids is 1. The summed E-state index contributed by atoms with van der Waals surface area (Å²) in [6.07, 6.45) is -0.131. The summed E-state index contributed by atoms with van der Waals surface area (Å²) in [5.41, 5.74) is 0. The molecule has 0 saturated heterocycles. The molecule has 0 radical (unpaired) electrons. The SMILES string of the molecule is COC(=O)CC([Se]c1ccccc1)C(=O)[O-]. The first-order valence-corrected chi connectivity index (χ1v) is 6.47. The molecule has 0 bridgehead atoms. The second-order valence-electron chi connectivity index (χ2n) is 3.02. The molecular weight excluding hydrogens is 275 g/mol. The summed E-state index contributed by atoms with van der Waals surface area (Å²) in [5.74, 6) is -1.72. The number of carboxylic acid groups (broad SMARTS) is 1. The van der Waals surface area contributed by atoms with E-state index in [0.29, 0.717) is 0 Å². The maximum absolute atomic E-state index is 11.0. The third kappa shape index (κ3) is 4.04. The molecule has 0 aliphatic carbocycles. The zero-order valence-electron chi connectivity index (χ0n) is 8.71. The van der Waals surface area contributed by atoms with Crippen molar-refractivity contribution in [1.82, 2.24) is 0 Å². The Morgan fingerprint density at radius 3 is 2.50 bits per heavy atom. The van der Waals surface area contributed by atoms with Gasteiger partial charge in [-0.1, -0.05) is 0 Å².